The third kappa shape index (κ3) is 3.16. The van der Waals surface area contributed by atoms with E-state index in [1.54, 1.807) is 7.11 Å². The Hall–Kier alpha value is -1.78. The van der Waals surface area contributed by atoms with Crippen LogP contribution in [0.4, 0.5) is 5.69 Å². The summed E-state index contributed by atoms with van der Waals surface area (Å²) in [6.07, 6.45) is -0.503. The predicted octanol–water partition coefficient (Wildman–Crippen LogP) is 1.60. The van der Waals surface area contributed by atoms with E-state index < -0.39 is 6.10 Å². The number of hydrogen-bond acceptors (Lipinski definition) is 4. The SMILES string of the molecule is COc1ccc2cc(N(C)CC(O)CN)ccc2c1. The molecule has 0 aliphatic rings. The zero-order valence-electron chi connectivity index (χ0n) is 11.3. The van der Waals surface area contributed by atoms with E-state index in [9.17, 15) is 5.11 Å². The van der Waals surface area contributed by atoms with Gasteiger partial charge in [0.2, 0.25) is 0 Å². The van der Waals surface area contributed by atoms with Crippen molar-refractivity contribution in [3.05, 3.63) is 36.4 Å². The molecule has 0 aliphatic heterocycles. The lowest BCUT2D eigenvalue weighted by Crippen LogP contribution is -2.34. The number of fused-ring (bicyclic) bond motifs is 1. The van der Waals surface area contributed by atoms with Crippen LogP contribution in [0.2, 0.25) is 0 Å². The maximum atomic E-state index is 9.59. The summed E-state index contributed by atoms with van der Waals surface area (Å²) in [6, 6.07) is 12.2. The second-order valence-electron chi connectivity index (χ2n) is 4.67. The zero-order chi connectivity index (χ0) is 13.8. The number of methoxy groups -OCH3 is 1. The number of benzene rings is 2. The summed E-state index contributed by atoms with van der Waals surface area (Å²) in [5.41, 5.74) is 6.49. The summed E-state index contributed by atoms with van der Waals surface area (Å²) in [5, 5.41) is 11.9. The summed E-state index contributed by atoms with van der Waals surface area (Å²) in [7, 11) is 3.61. The number of anilines is 1. The van der Waals surface area contributed by atoms with Crippen LogP contribution >= 0.6 is 0 Å². The number of likely N-dealkylation sites (N-methyl/N-ethyl adjacent to an activating group) is 1. The van der Waals surface area contributed by atoms with Crippen molar-refractivity contribution in [3.8, 4) is 5.75 Å². The number of aliphatic hydroxyl groups is 1. The van der Waals surface area contributed by atoms with Gasteiger partial charge >= 0.3 is 0 Å². The topological polar surface area (TPSA) is 58.7 Å². The molecule has 1 atom stereocenters. The van der Waals surface area contributed by atoms with Gasteiger partial charge in [-0.1, -0.05) is 12.1 Å². The highest BCUT2D eigenvalue weighted by atomic mass is 16.5. The molecule has 102 valence electrons. The molecule has 0 heterocycles. The molecule has 0 spiro atoms. The van der Waals surface area contributed by atoms with Gasteiger partial charge in [0.1, 0.15) is 5.75 Å². The van der Waals surface area contributed by atoms with Crippen molar-refractivity contribution in [1.82, 2.24) is 0 Å². The van der Waals surface area contributed by atoms with E-state index in [0.29, 0.717) is 6.54 Å². The summed E-state index contributed by atoms with van der Waals surface area (Å²) in [4.78, 5) is 2.00. The summed E-state index contributed by atoms with van der Waals surface area (Å²) >= 11 is 0. The Labute approximate surface area is 113 Å². The van der Waals surface area contributed by atoms with Crippen LogP contribution < -0.4 is 15.4 Å². The van der Waals surface area contributed by atoms with Crippen molar-refractivity contribution in [2.24, 2.45) is 5.73 Å². The van der Waals surface area contributed by atoms with E-state index in [1.165, 1.54) is 0 Å². The van der Waals surface area contributed by atoms with Crippen molar-refractivity contribution in [2.45, 2.75) is 6.10 Å². The number of aliphatic hydroxyl groups excluding tert-OH is 1. The minimum Gasteiger partial charge on any atom is -0.497 e. The zero-order valence-corrected chi connectivity index (χ0v) is 11.3. The molecule has 2 aromatic rings. The molecule has 0 saturated carbocycles. The van der Waals surface area contributed by atoms with E-state index in [1.807, 2.05) is 36.2 Å². The summed E-state index contributed by atoms with van der Waals surface area (Å²) < 4.78 is 5.21. The molecule has 4 heteroatoms. The van der Waals surface area contributed by atoms with Crippen LogP contribution in [0.5, 0.6) is 5.75 Å². The van der Waals surface area contributed by atoms with E-state index >= 15 is 0 Å². The van der Waals surface area contributed by atoms with Crippen LogP contribution in [-0.4, -0.2) is 38.5 Å². The van der Waals surface area contributed by atoms with Gasteiger partial charge in [0.05, 0.1) is 13.2 Å². The molecule has 1 unspecified atom stereocenters. The van der Waals surface area contributed by atoms with Gasteiger partial charge < -0.3 is 20.5 Å². The Kier molecular flexibility index (Phi) is 4.24. The maximum absolute atomic E-state index is 9.59. The van der Waals surface area contributed by atoms with Gasteiger partial charge in [-0.2, -0.15) is 0 Å². The fourth-order valence-corrected chi connectivity index (χ4v) is 2.07. The molecule has 0 amide bonds. The minimum absolute atomic E-state index is 0.273. The van der Waals surface area contributed by atoms with Gasteiger partial charge in [0.25, 0.3) is 0 Å². The molecule has 3 N–H and O–H groups in total. The standard InChI is InChI=1S/C15H20N2O2/c1-17(10-14(18)9-16)13-5-3-12-8-15(19-2)6-4-11(12)7-13/h3-8,14,18H,9-10,16H2,1-2H3. The Balaban J connectivity index is 2.26. The lowest BCUT2D eigenvalue weighted by atomic mass is 10.1. The molecule has 0 radical (unpaired) electrons. The predicted molar refractivity (Wildman–Crippen MR) is 78.8 cm³/mol. The highest BCUT2D eigenvalue weighted by molar-refractivity contribution is 5.87. The van der Waals surface area contributed by atoms with Gasteiger partial charge in [0.15, 0.2) is 0 Å². The van der Waals surface area contributed by atoms with Crippen molar-refractivity contribution in [1.29, 1.82) is 0 Å². The van der Waals surface area contributed by atoms with Crippen LogP contribution in [0.25, 0.3) is 10.8 Å². The van der Waals surface area contributed by atoms with Crippen LogP contribution in [0.3, 0.4) is 0 Å². The normalized spacial score (nSPS) is 12.4. The smallest absolute Gasteiger partial charge is 0.119 e. The lowest BCUT2D eigenvalue weighted by molar-refractivity contribution is 0.189. The number of nitrogens with zero attached hydrogens (tertiary/aromatic N) is 1. The minimum atomic E-state index is -0.503. The van der Waals surface area contributed by atoms with Crippen molar-refractivity contribution in [3.63, 3.8) is 0 Å². The molecular weight excluding hydrogens is 240 g/mol. The van der Waals surface area contributed by atoms with Crippen LogP contribution in [0, 0.1) is 0 Å². The second-order valence-corrected chi connectivity index (χ2v) is 4.67. The summed E-state index contributed by atoms with van der Waals surface area (Å²) in [5.74, 6) is 0.854. The largest absolute Gasteiger partial charge is 0.497 e. The molecule has 0 aliphatic carbocycles. The Morgan fingerprint density at radius 3 is 2.58 bits per heavy atom. The monoisotopic (exact) mass is 260 g/mol. The second kappa shape index (κ2) is 5.91. The third-order valence-electron chi connectivity index (χ3n) is 3.23. The molecule has 19 heavy (non-hydrogen) atoms. The number of ether oxygens (including phenoxy) is 1. The first-order valence-corrected chi connectivity index (χ1v) is 6.31. The van der Waals surface area contributed by atoms with Gasteiger partial charge in [-0.15, -0.1) is 0 Å². The molecule has 2 rings (SSSR count). The number of nitrogens with two attached hydrogens (primary N) is 1. The fraction of sp³-hybridized carbons (Fsp3) is 0.333. The Morgan fingerprint density at radius 1 is 1.21 bits per heavy atom. The molecule has 0 bridgehead atoms. The number of hydrogen-bond donors (Lipinski definition) is 2. The Bertz CT molecular complexity index is 557. The molecule has 4 nitrogen and oxygen atoms in total. The molecule has 0 saturated heterocycles. The third-order valence-corrected chi connectivity index (χ3v) is 3.23. The average Bonchev–Trinajstić information content (AvgIpc) is 2.45. The highest BCUT2D eigenvalue weighted by Gasteiger charge is 2.07. The molecule has 0 aromatic heterocycles. The highest BCUT2D eigenvalue weighted by Crippen LogP contribution is 2.25. The quantitative estimate of drug-likeness (QED) is 0.857. The lowest BCUT2D eigenvalue weighted by Gasteiger charge is -2.22. The first kappa shape index (κ1) is 13.6. The summed E-state index contributed by atoms with van der Waals surface area (Å²) in [6.45, 7) is 0.799. The van der Waals surface area contributed by atoms with Crippen molar-refractivity contribution in [2.75, 3.05) is 32.1 Å². The first-order valence-electron chi connectivity index (χ1n) is 6.31. The van der Waals surface area contributed by atoms with Crippen LogP contribution in [-0.2, 0) is 0 Å². The fourth-order valence-electron chi connectivity index (χ4n) is 2.07. The van der Waals surface area contributed by atoms with Gasteiger partial charge in [-0.25, -0.2) is 0 Å². The first-order chi connectivity index (χ1) is 9.13. The molecule has 0 fully saturated rings. The molecular formula is C15H20N2O2. The van der Waals surface area contributed by atoms with E-state index in [4.69, 9.17) is 10.5 Å². The average molecular weight is 260 g/mol. The van der Waals surface area contributed by atoms with Crippen molar-refractivity contribution < 1.29 is 9.84 Å². The van der Waals surface area contributed by atoms with Gasteiger partial charge in [0, 0.05) is 25.8 Å². The van der Waals surface area contributed by atoms with E-state index in [0.717, 1.165) is 22.2 Å². The van der Waals surface area contributed by atoms with Gasteiger partial charge in [-0.05, 0) is 35.0 Å². The number of rotatable bonds is 5. The van der Waals surface area contributed by atoms with Gasteiger partial charge in [-0.3, -0.25) is 0 Å². The van der Waals surface area contributed by atoms with Crippen molar-refractivity contribution >= 4 is 16.5 Å². The Morgan fingerprint density at radius 2 is 1.89 bits per heavy atom. The van der Waals surface area contributed by atoms with E-state index in [2.05, 4.69) is 12.1 Å². The molecule has 2 aromatic carbocycles. The van der Waals surface area contributed by atoms with E-state index in [-0.39, 0.29) is 6.54 Å². The van der Waals surface area contributed by atoms with Crippen LogP contribution in [0.15, 0.2) is 36.4 Å². The maximum Gasteiger partial charge on any atom is 0.119 e. The van der Waals surface area contributed by atoms with Crippen LogP contribution in [0.1, 0.15) is 0 Å².